The Bertz CT molecular complexity index is 1110. The Morgan fingerprint density at radius 2 is 1.94 bits per heavy atom. The predicted molar refractivity (Wildman–Crippen MR) is 107 cm³/mol. The molecule has 11 heteroatoms. The molecule has 1 heterocycles. The number of rotatable bonds is 6. The van der Waals surface area contributed by atoms with E-state index in [1.54, 1.807) is 6.92 Å². The molecule has 2 amide bonds. The average Bonchev–Trinajstić information content (AvgIpc) is 3.03. The van der Waals surface area contributed by atoms with Crippen molar-refractivity contribution in [3.8, 4) is 11.5 Å². The smallest absolute Gasteiger partial charge is 0.338 e. The van der Waals surface area contributed by atoms with Gasteiger partial charge in [0.2, 0.25) is 0 Å². The lowest BCUT2D eigenvalue weighted by atomic mass is 10.1. The van der Waals surface area contributed by atoms with Crippen LogP contribution in [-0.4, -0.2) is 41.5 Å². The Labute approximate surface area is 175 Å². The molecule has 1 aliphatic rings. The van der Waals surface area contributed by atoms with E-state index in [0.29, 0.717) is 0 Å². The van der Waals surface area contributed by atoms with Crippen LogP contribution in [0.4, 0.5) is 11.4 Å². The summed E-state index contributed by atoms with van der Waals surface area (Å²) in [5, 5.41) is 22.3. The number of benzene rings is 2. The van der Waals surface area contributed by atoms with Gasteiger partial charge in [-0.3, -0.25) is 25.1 Å². The number of amides is 2. The van der Waals surface area contributed by atoms with Crippen molar-refractivity contribution in [2.45, 2.75) is 6.92 Å². The molecule has 1 fully saturated rings. The summed E-state index contributed by atoms with van der Waals surface area (Å²) in [7, 11) is 1.21. The number of nitro benzene ring substituents is 1. The van der Waals surface area contributed by atoms with Gasteiger partial charge in [0.15, 0.2) is 11.5 Å². The third kappa shape index (κ3) is 4.15. The highest BCUT2D eigenvalue weighted by Gasteiger charge is 2.35. The Hall–Kier alpha value is -4.41. The minimum atomic E-state index is -0.774. The standard InChI is InChI=1S/C20H17N3O8/c1-3-31-20(27)11-4-6-13(7-5-11)22-19(26)15(18(25)21-22)9-12-8-14(23(28)29)10-16(30-2)17(12)24/h4-10,24H,3H2,1-2H3,(H,21,25)/b15-9+. The number of anilines is 1. The maximum Gasteiger partial charge on any atom is 0.338 e. The molecule has 160 valence electrons. The number of esters is 1. The zero-order valence-electron chi connectivity index (χ0n) is 16.4. The highest BCUT2D eigenvalue weighted by atomic mass is 16.6. The number of nitrogens with zero attached hydrogens (tertiary/aromatic N) is 2. The van der Waals surface area contributed by atoms with Crippen molar-refractivity contribution >= 4 is 35.2 Å². The molecule has 0 bridgehead atoms. The van der Waals surface area contributed by atoms with Crippen LogP contribution in [0.2, 0.25) is 0 Å². The number of carbonyl (C=O) groups excluding carboxylic acids is 3. The molecule has 2 aromatic rings. The van der Waals surface area contributed by atoms with E-state index >= 15 is 0 Å². The van der Waals surface area contributed by atoms with Gasteiger partial charge in [-0.05, 0) is 37.3 Å². The first kappa shape index (κ1) is 21.3. The molecule has 11 nitrogen and oxygen atoms in total. The first-order valence-corrected chi connectivity index (χ1v) is 8.96. The molecular formula is C20H17N3O8. The van der Waals surface area contributed by atoms with E-state index in [9.17, 15) is 29.6 Å². The summed E-state index contributed by atoms with van der Waals surface area (Å²) in [6, 6.07) is 7.80. The fourth-order valence-corrected chi connectivity index (χ4v) is 2.84. The quantitative estimate of drug-likeness (QED) is 0.234. The van der Waals surface area contributed by atoms with E-state index in [4.69, 9.17) is 9.47 Å². The largest absolute Gasteiger partial charge is 0.504 e. The summed E-state index contributed by atoms with van der Waals surface area (Å²) in [4.78, 5) is 47.3. The van der Waals surface area contributed by atoms with E-state index in [2.05, 4.69) is 5.43 Å². The van der Waals surface area contributed by atoms with E-state index in [1.165, 1.54) is 31.4 Å². The third-order valence-corrected chi connectivity index (χ3v) is 4.35. The van der Waals surface area contributed by atoms with Gasteiger partial charge < -0.3 is 14.6 Å². The van der Waals surface area contributed by atoms with E-state index in [1.807, 2.05) is 0 Å². The Morgan fingerprint density at radius 1 is 1.26 bits per heavy atom. The normalized spacial score (nSPS) is 14.5. The van der Waals surface area contributed by atoms with E-state index in [-0.39, 0.29) is 34.7 Å². The van der Waals surface area contributed by atoms with Gasteiger partial charge in [-0.25, -0.2) is 9.80 Å². The van der Waals surface area contributed by atoms with Gasteiger partial charge in [0, 0.05) is 11.6 Å². The Balaban J connectivity index is 1.94. The number of nitrogens with one attached hydrogen (secondary N) is 1. The van der Waals surface area contributed by atoms with Crippen molar-refractivity contribution in [3.63, 3.8) is 0 Å². The van der Waals surface area contributed by atoms with Gasteiger partial charge in [-0.2, -0.15) is 0 Å². The first-order valence-electron chi connectivity index (χ1n) is 8.96. The summed E-state index contributed by atoms with van der Waals surface area (Å²) < 4.78 is 9.81. The molecule has 1 aliphatic heterocycles. The fourth-order valence-electron chi connectivity index (χ4n) is 2.84. The lowest BCUT2D eigenvalue weighted by Gasteiger charge is -2.14. The van der Waals surface area contributed by atoms with Gasteiger partial charge in [0.25, 0.3) is 17.5 Å². The number of hydrogen-bond acceptors (Lipinski definition) is 8. The van der Waals surface area contributed by atoms with Crippen molar-refractivity contribution in [1.29, 1.82) is 0 Å². The molecule has 0 saturated carbocycles. The second-order valence-electron chi connectivity index (χ2n) is 6.25. The number of hydrogen-bond donors (Lipinski definition) is 2. The maximum absolute atomic E-state index is 12.8. The van der Waals surface area contributed by atoms with Crippen molar-refractivity contribution in [2.75, 3.05) is 18.7 Å². The zero-order chi connectivity index (χ0) is 22.7. The topological polar surface area (TPSA) is 148 Å². The highest BCUT2D eigenvalue weighted by molar-refractivity contribution is 6.31. The average molecular weight is 427 g/mol. The minimum absolute atomic E-state index is 0.135. The lowest BCUT2D eigenvalue weighted by Crippen LogP contribution is -2.35. The maximum atomic E-state index is 12.8. The number of carbonyl (C=O) groups is 3. The van der Waals surface area contributed by atoms with Crippen LogP contribution in [0.15, 0.2) is 42.0 Å². The molecule has 0 unspecified atom stereocenters. The number of non-ortho nitro benzene ring substituents is 1. The molecule has 0 radical (unpaired) electrons. The van der Waals surface area contributed by atoms with E-state index < -0.39 is 34.1 Å². The van der Waals surface area contributed by atoms with Crippen molar-refractivity contribution in [1.82, 2.24) is 5.43 Å². The lowest BCUT2D eigenvalue weighted by molar-refractivity contribution is -0.385. The molecule has 0 spiro atoms. The molecular weight excluding hydrogens is 410 g/mol. The molecule has 0 atom stereocenters. The number of ether oxygens (including phenoxy) is 2. The van der Waals surface area contributed by atoms with Crippen molar-refractivity contribution in [3.05, 3.63) is 63.2 Å². The molecule has 2 N–H and O–H groups in total. The minimum Gasteiger partial charge on any atom is -0.504 e. The van der Waals surface area contributed by atoms with Crippen LogP contribution in [0.5, 0.6) is 11.5 Å². The van der Waals surface area contributed by atoms with Crippen LogP contribution >= 0.6 is 0 Å². The molecule has 1 saturated heterocycles. The summed E-state index contributed by atoms with van der Waals surface area (Å²) >= 11 is 0. The predicted octanol–water partition coefficient (Wildman–Crippen LogP) is 1.95. The van der Waals surface area contributed by atoms with Gasteiger partial charge in [-0.1, -0.05) is 0 Å². The van der Waals surface area contributed by atoms with Crippen LogP contribution in [0, 0.1) is 10.1 Å². The second-order valence-corrected chi connectivity index (χ2v) is 6.25. The molecule has 0 aliphatic carbocycles. The van der Waals surface area contributed by atoms with Gasteiger partial charge >= 0.3 is 5.97 Å². The monoisotopic (exact) mass is 427 g/mol. The number of aromatic hydroxyl groups is 1. The summed E-state index contributed by atoms with van der Waals surface area (Å²) in [5.41, 5.74) is 2.03. The number of methoxy groups -OCH3 is 1. The number of hydrazine groups is 1. The van der Waals surface area contributed by atoms with Crippen molar-refractivity contribution in [2.24, 2.45) is 0 Å². The van der Waals surface area contributed by atoms with Crippen LogP contribution in [0.25, 0.3) is 6.08 Å². The van der Waals surface area contributed by atoms with Crippen LogP contribution in [-0.2, 0) is 14.3 Å². The van der Waals surface area contributed by atoms with Crippen LogP contribution in [0.1, 0.15) is 22.8 Å². The van der Waals surface area contributed by atoms with Crippen molar-refractivity contribution < 1.29 is 33.9 Å². The second kappa shape index (κ2) is 8.53. The molecule has 3 rings (SSSR count). The van der Waals surface area contributed by atoms with Gasteiger partial charge in [-0.15, -0.1) is 0 Å². The Morgan fingerprint density at radius 3 is 2.52 bits per heavy atom. The third-order valence-electron chi connectivity index (χ3n) is 4.35. The molecule has 2 aromatic carbocycles. The number of phenols is 1. The summed E-state index contributed by atoms with van der Waals surface area (Å²) in [6.07, 6.45) is 1.04. The Kier molecular flexibility index (Phi) is 5.86. The summed E-state index contributed by atoms with van der Waals surface area (Å²) in [6.45, 7) is 1.89. The van der Waals surface area contributed by atoms with Gasteiger partial charge in [0.05, 0.1) is 36.0 Å². The fraction of sp³-hybridized carbons (Fsp3) is 0.150. The highest BCUT2D eigenvalue weighted by Crippen LogP contribution is 2.36. The first-order chi connectivity index (χ1) is 14.8. The zero-order valence-corrected chi connectivity index (χ0v) is 16.4. The molecule has 0 aromatic heterocycles. The SMILES string of the molecule is CCOC(=O)c1ccc(N2NC(=O)/C(=C\c3cc([N+](=O)[O-])cc(OC)c3O)C2=O)cc1. The van der Waals surface area contributed by atoms with Crippen LogP contribution in [0.3, 0.4) is 0 Å². The van der Waals surface area contributed by atoms with E-state index in [0.717, 1.165) is 23.2 Å². The number of nitro groups is 1. The summed E-state index contributed by atoms with van der Waals surface area (Å²) in [5.74, 6) is -2.69. The van der Waals surface area contributed by atoms with Crippen LogP contribution < -0.4 is 15.2 Å². The van der Waals surface area contributed by atoms with Gasteiger partial charge in [0.1, 0.15) is 5.57 Å². The molecule has 31 heavy (non-hydrogen) atoms. The number of phenolic OH excluding ortho intramolecular Hbond substituents is 1.